The van der Waals surface area contributed by atoms with Crippen molar-refractivity contribution in [3.05, 3.63) is 44.8 Å². The predicted octanol–water partition coefficient (Wildman–Crippen LogP) is 4.22. The first-order valence-electron chi connectivity index (χ1n) is 9.08. The van der Waals surface area contributed by atoms with Crippen LogP contribution >= 0.6 is 22.9 Å². The fraction of sp³-hybridized carbons (Fsp3) is 0.400. The van der Waals surface area contributed by atoms with Crippen LogP contribution in [0.1, 0.15) is 44.5 Å². The molecule has 28 heavy (non-hydrogen) atoms. The number of carbonyl (C=O) groups excluding carboxylic acids is 2. The number of carbonyl (C=O) groups is 2. The summed E-state index contributed by atoms with van der Waals surface area (Å²) in [7, 11) is 2.84. The highest BCUT2D eigenvalue weighted by molar-refractivity contribution is 7.17. The van der Waals surface area contributed by atoms with Crippen molar-refractivity contribution in [2.45, 2.75) is 26.3 Å². The number of rotatable bonds is 6. The van der Waals surface area contributed by atoms with Crippen molar-refractivity contribution in [2.75, 3.05) is 32.6 Å². The molecular weight excluding hydrogens is 400 g/mol. The third-order valence-corrected chi connectivity index (χ3v) is 6.07. The van der Waals surface area contributed by atoms with Crippen LogP contribution < -0.4 is 10.1 Å². The lowest BCUT2D eigenvalue weighted by molar-refractivity contribution is 0.0600. The monoisotopic (exact) mass is 422 g/mol. The lowest BCUT2D eigenvalue weighted by Crippen LogP contribution is -2.30. The highest BCUT2D eigenvalue weighted by Gasteiger charge is 2.29. The number of thiophene rings is 1. The quantitative estimate of drug-likeness (QED) is 0.706. The normalized spacial score (nSPS) is 13.7. The Morgan fingerprint density at radius 3 is 2.79 bits per heavy atom. The molecule has 3 rings (SSSR count). The molecule has 0 unspecified atom stereocenters. The third-order valence-electron chi connectivity index (χ3n) is 4.70. The molecule has 0 saturated heterocycles. The SMILES string of the molecule is CCCN1CCc2c(sc(NC(=O)c3cc(Cl)ccc3OC)c2C(=O)OC)C1. The lowest BCUT2D eigenvalue weighted by atomic mass is 10.0. The molecule has 1 N–H and O–H groups in total. The third kappa shape index (κ3) is 4.16. The fourth-order valence-electron chi connectivity index (χ4n) is 3.40. The molecule has 1 aliphatic heterocycles. The number of esters is 1. The number of ether oxygens (including phenoxy) is 2. The highest BCUT2D eigenvalue weighted by atomic mass is 35.5. The zero-order valence-electron chi connectivity index (χ0n) is 16.1. The van der Waals surface area contributed by atoms with Crippen LogP contribution in [0.2, 0.25) is 5.02 Å². The van der Waals surface area contributed by atoms with E-state index in [0.717, 1.165) is 42.9 Å². The van der Waals surface area contributed by atoms with Crippen LogP contribution in [0.25, 0.3) is 0 Å². The molecule has 1 aromatic heterocycles. The van der Waals surface area contributed by atoms with E-state index in [0.29, 0.717) is 26.9 Å². The Labute approximate surface area is 173 Å². The van der Waals surface area contributed by atoms with Gasteiger partial charge in [-0.15, -0.1) is 11.3 Å². The van der Waals surface area contributed by atoms with E-state index in [2.05, 4.69) is 17.1 Å². The summed E-state index contributed by atoms with van der Waals surface area (Å²) in [5.74, 6) is -0.403. The molecule has 1 aromatic carbocycles. The summed E-state index contributed by atoms with van der Waals surface area (Å²) in [6, 6.07) is 4.84. The van der Waals surface area contributed by atoms with Crippen molar-refractivity contribution in [2.24, 2.45) is 0 Å². The molecule has 1 aliphatic rings. The molecule has 0 bridgehead atoms. The second-order valence-electron chi connectivity index (χ2n) is 6.52. The number of hydrogen-bond acceptors (Lipinski definition) is 6. The van der Waals surface area contributed by atoms with E-state index < -0.39 is 5.97 Å². The molecule has 2 aromatic rings. The molecule has 150 valence electrons. The van der Waals surface area contributed by atoms with Gasteiger partial charge in [-0.05, 0) is 43.1 Å². The summed E-state index contributed by atoms with van der Waals surface area (Å²) >= 11 is 7.47. The molecule has 6 nitrogen and oxygen atoms in total. The van der Waals surface area contributed by atoms with Gasteiger partial charge in [-0.3, -0.25) is 9.69 Å². The predicted molar refractivity (Wildman–Crippen MR) is 111 cm³/mol. The van der Waals surface area contributed by atoms with E-state index >= 15 is 0 Å². The van der Waals surface area contributed by atoms with Gasteiger partial charge in [-0.1, -0.05) is 18.5 Å². The first-order valence-corrected chi connectivity index (χ1v) is 10.3. The second-order valence-corrected chi connectivity index (χ2v) is 8.07. The van der Waals surface area contributed by atoms with Gasteiger partial charge in [-0.25, -0.2) is 4.79 Å². The smallest absolute Gasteiger partial charge is 0.341 e. The van der Waals surface area contributed by atoms with E-state index in [1.54, 1.807) is 18.2 Å². The van der Waals surface area contributed by atoms with Crippen molar-refractivity contribution in [1.82, 2.24) is 4.90 Å². The Balaban J connectivity index is 1.95. The van der Waals surface area contributed by atoms with E-state index in [1.165, 1.54) is 25.6 Å². The number of benzene rings is 1. The Hall–Kier alpha value is -2.09. The minimum Gasteiger partial charge on any atom is -0.496 e. The second kappa shape index (κ2) is 8.94. The minimum atomic E-state index is -0.435. The number of amides is 1. The maximum absolute atomic E-state index is 12.9. The summed E-state index contributed by atoms with van der Waals surface area (Å²) in [5, 5.41) is 3.80. The molecule has 8 heteroatoms. The van der Waals surface area contributed by atoms with Gasteiger partial charge in [0.2, 0.25) is 0 Å². The Bertz CT molecular complexity index is 897. The highest BCUT2D eigenvalue weighted by Crippen LogP contribution is 2.38. The summed E-state index contributed by atoms with van der Waals surface area (Å²) in [5.41, 5.74) is 1.73. The van der Waals surface area contributed by atoms with E-state index in [1.807, 2.05) is 0 Å². The number of anilines is 1. The van der Waals surface area contributed by atoms with E-state index in [9.17, 15) is 9.59 Å². The summed E-state index contributed by atoms with van der Waals surface area (Å²) in [6.45, 7) is 4.81. The fourth-order valence-corrected chi connectivity index (χ4v) is 4.84. The Kier molecular flexibility index (Phi) is 6.59. The van der Waals surface area contributed by atoms with Crippen LogP contribution in [-0.2, 0) is 17.7 Å². The number of fused-ring (bicyclic) bond motifs is 1. The van der Waals surface area contributed by atoms with Gasteiger partial charge >= 0.3 is 5.97 Å². The van der Waals surface area contributed by atoms with E-state index in [4.69, 9.17) is 21.1 Å². The van der Waals surface area contributed by atoms with Crippen LogP contribution in [0.15, 0.2) is 18.2 Å². The minimum absolute atomic E-state index is 0.310. The number of hydrogen-bond donors (Lipinski definition) is 1. The van der Waals surface area contributed by atoms with Crippen LogP contribution in [0.3, 0.4) is 0 Å². The van der Waals surface area contributed by atoms with Gasteiger partial charge < -0.3 is 14.8 Å². The van der Waals surface area contributed by atoms with Crippen LogP contribution in [-0.4, -0.2) is 44.1 Å². The molecule has 0 atom stereocenters. The van der Waals surface area contributed by atoms with Crippen molar-refractivity contribution in [3.8, 4) is 5.75 Å². The molecule has 0 spiro atoms. The van der Waals surface area contributed by atoms with Crippen LogP contribution in [0.5, 0.6) is 5.75 Å². The van der Waals surface area contributed by atoms with Crippen LogP contribution in [0.4, 0.5) is 5.00 Å². The first kappa shape index (κ1) is 20.6. The van der Waals surface area contributed by atoms with Crippen molar-refractivity contribution >= 4 is 39.8 Å². The van der Waals surface area contributed by atoms with Crippen LogP contribution in [0, 0.1) is 0 Å². The average Bonchev–Trinajstić information content (AvgIpc) is 3.04. The summed E-state index contributed by atoms with van der Waals surface area (Å²) < 4.78 is 10.2. The molecule has 0 fully saturated rings. The Morgan fingerprint density at radius 2 is 2.11 bits per heavy atom. The molecule has 0 radical (unpaired) electrons. The van der Waals surface area contributed by atoms with Gasteiger partial charge in [-0.2, -0.15) is 0 Å². The maximum Gasteiger partial charge on any atom is 0.341 e. The topological polar surface area (TPSA) is 67.9 Å². The zero-order chi connectivity index (χ0) is 20.3. The number of nitrogens with zero attached hydrogens (tertiary/aromatic N) is 1. The summed E-state index contributed by atoms with van der Waals surface area (Å²) in [6.07, 6.45) is 1.83. The molecule has 1 amide bonds. The zero-order valence-corrected chi connectivity index (χ0v) is 17.7. The van der Waals surface area contributed by atoms with E-state index in [-0.39, 0.29) is 5.91 Å². The molecule has 0 saturated carbocycles. The van der Waals surface area contributed by atoms with Gasteiger partial charge in [0.25, 0.3) is 5.91 Å². The molecular formula is C20H23ClN2O4S. The maximum atomic E-state index is 12.9. The van der Waals surface area contributed by atoms with Gasteiger partial charge in [0.1, 0.15) is 10.8 Å². The lowest BCUT2D eigenvalue weighted by Gasteiger charge is -2.26. The largest absolute Gasteiger partial charge is 0.496 e. The molecule has 2 heterocycles. The number of methoxy groups -OCH3 is 2. The van der Waals surface area contributed by atoms with Gasteiger partial charge in [0.05, 0.1) is 25.3 Å². The first-order chi connectivity index (χ1) is 13.5. The average molecular weight is 423 g/mol. The molecule has 0 aliphatic carbocycles. The van der Waals surface area contributed by atoms with Crippen molar-refractivity contribution < 1.29 is 19.1 Å². The Morgan fingerprint density at radius 1 is 1.32 bits per heavy atom. The van der Waals surface area contributed by atoms with Gasteiger partial charge in [0.15, 0.2) is 0 Å². The summed E-state index contributed by atoms with van der Waals surface area (Å²) in [4.78, 5) is 28.8. The number of halogens is 1. The van der Waals surface area contributed by atoms with Crippen molar-refractivity contribution in [1.29, 1.82) is 0 Å². The number of nitrogens with one attached hydrogen (secondary N) is 1. The van der Waals surface area contributed by atoms with Gasteiger partial charge in [0, 0.05) is 23.0 Å². The van der Waals surface area contributed by atoms with Crippen molar-refractivity contribution in [3.63, 3.8) is 0 Å². The standard InChI is InChI=1S/C20H23ClN2O4S/c1-4-8-23-9-7-13-16(11-23)28-19(17(13)20(25)27-3)22-18(24)14-10-12(21)5-6-15(14)26-2/h5-6,10H,4,7-9,11H2,1-3H3,(H,22,24).